The van der Waals surface area contributed by atoms with E-state index in [4.69, 9.17) is 0 Å². The number of urea groups is 1. The second kappa shape index (κ2) is 8.30. The van der Waals surface area contributed by atoms with Gasteiger partial charge in [-0.2, -0.15) is 0 Å². The van der Waals surface area contributed by atoms with Crippen molar-refractivity contribution in [2.75, 3.05) is 5.75 Å². The van der Waals surface area contributed by atoms with Crippen molar-refractivity contribution in [3.63, 3.8) is 0 Å². The molecule has 126 valence electrons. The fourth-order valence-electron chi connectivity index (χ4n) is 2.65. The van der Waals surface area contributed by atoms with E-state index in [9.17, 15) is 9.59 Å². The van der Waals surface area contributed by atoms with Gasteiger partial charge in [0.25, 0.3) is 0 Å². The molecule has 24 heavy (non-hydrogen) atoms. The lowest BCUT2D eigenvalue weighted by atomic mass is 10.2. The molecule has 0 radical (unpaired) electrons. The summed E-state index contributed by atoms with van der Waals surface area (Å²) in [4.78, 5) is 28.1. The standard InChI is InChI=1S/C17H19N3O2S2/c21-15(20-16(22)18-13-8-4-5-9-13)11-24-17-19-14(10-23-17)12-6-2-1-3-7-12/h1-3,6-7,10,13H,4-5,8-9,11H2,(H2,18,20,21,22). The van der Waals surface area contributed by atoms with Crippen molar-refractivity contribution >= 4 is 35.0 Å². The van der Waals surface area contributed by atoms with Crippen LogP contribution in [-0.4, -0.2) is 28.7 Å². The number of carbonyl (C=O) groups is 2. The minimum atomic E-state index is -0.392. The average molecular weight is 361 g/mol. The maximum absolute atomic E-state index is 11.9. The quantitative estimate of drug-likeness (QED) is 0.797. The van der Waals surface area contributed by atoms with Crippen molar-refractivity contribution in [3.05, 3.63) is 35.7 Å². The highest BCUT2D eigenvalue weighted by Gasteiger charge is 2.18. The number of aromatic nitrogens is 1. The van der Waals surface area contributed by atoms with E-state index in [1.165, 1.54) is 23.1 Å². The van der Waals surface area contributed by atoms with Crippen molar-refractivity contribution in [1.29, 1.82) is 0 Å². The van der Waals surface area contributed by atoms with Gasteiger partial charge in [-0.25, -0.2) is 9.78 Å². The lowest BCUT2D eigenvalue weighted by Crippen LogP contribution is -2.44. The average Bonchev–Trinajstić information content (AvgIpc) is 3.25. The summed E-state index contributed by atoms with van der Waals surface area (Å²) in [6, 6.07) is 9.73. The van der Waals surface area contributed by atoms with Crippen LogP contribution in [0.15, 0.2) is 40.1 Å². The molecular formula is C17H19N3O2S2. The number of thioether (sulfide) groups is 1. The predicted octanol–water partition coefficient (Wildman–Crippen LogP) is 3.67. The van der Waals surface area contributed by atoms with Gasteiger partial charge in [0.05, 0.1) is 11.4 Å². The van der Waals surface area contributed by atoms with Crippen LogP contribution in [0, 0.1) is 0 Å². The molecule has 1 saturated carbocycles. The fraction of sp³-hybridized carbons (Fsp3) is 0.353. The third-order valence-corrected chi connectivity index (χ3v) is 5.84. The lowest BCUT2D eigenvalue weighted by Gasteiger charge is -2.11. The Labute approximate surface area is 149 Å². The Hall–Kier alpha value is -1.86. The highest BCUT2D eigenvalue weighted by atomic mass is 32.2. The molecule has 2 N–H and O–H groups in total. The number of thiazole rings is 1. The van der Waals surface area contributed by atoms with E-state index in [-0.39, 0.29) is 17.7 Å². The molecule has 2 aromatic rings. The van der Waals surface area contributed by atoms with E-state index in [1.807, 2.05) is 35.7 Å². The van der Waals surface area contributed by atoms with E-state index in [1.54, 1.807) is 0 Å². The van der Waals surface area contributed by atoms with Crippen molar-refractivity contribution in [1.82, 2.24) is 15.6 Å². The van der Waals surface area contributed by atoms with Crippen LogP contribution >= 0.6 is 23.1 Å². The molecule has 0 spiro atoms. The third-order valence-electron chi connectivity index (χ3n) is 3.82. The minimum absolute atomic E-state index is 0.180. The van der Waals surface area contributed by atoms with E-state index in [0.717, 1.165) is 41.3 Å². The number of benzene rings is 1. The van der Waals surface area contributed by atoms with Gasteiger partial charge in [0.2, 0.25) is 5.91 Å². The van der Waals surface area contributed by atoms with Crippen molar-refractivity contribution in [2.24, 2.45) is 0 Å². The molecule has 1 aromatic carbocycles. The molecule has 3 rings (SSSR count). The van der Waals surface area contributed by atoms with Gasteiger partial charge < -0.3 is 5.32 Å². The zero-order valence-electron chi connectivity index (χ0n) is 13.2. The molecule has 0 unspecified atom stereocenters. The molecule has 0 aliphatic heterocycles. The molecule has 3 amide bonds. The molecule has 7 heteroatoms. The number of nitrogens with zero attached hydrogens (tertiary/aromatic N) is 1. The first-order valence-corrected chi connectivity index (χ1v) is 9.81. The number of hydrogen-bond acceptors (Lipinski definition) is 5. The SMILES string of the molecule is O=C(CSc1nc(-c2ccccc2)cs1)NC(=O)NC1CCCC1. The van der Waals surface area contributed by atoms with Gasteiger partial charge in [-0.1, -0.05) is 54.9 Å². The van der Waals surface area contributed by atoms with Crippen molar-refractivity contribution < 1.29 is 9.59 Å². The molecule has 0 bridgehead atoms. The minimum Gasteiger partial charge on any atom is -0.335 e. The zero-order valence-corrected chi connectivity index (χ0v) is 14.8. The normalized spacial score (nSPS) is 14.5. The summed E-state index contributed by atoms with van der Waals surface area (Å²) in [6.07, 6.45) is 4.28. The summed E-state index contributed by atoms with van der Waals surface area (Å²) in [5.74, 6) is -0.119. The molecule has 1 heterocycles. The van der Waals surface area contributed by atoms with E-state index >= 15 is 0 Å². The number of carbonyl (C=O) groups excluding carboxylic acids is 2. The van der Waals surface area contributed by atoms with Crippen LogP contribution in [0.25, 0.3) is 11.3 Å². The maximum Gasteiger partial charge on any atom is 0.321 e. The smallest absolute Gasteiger partial charge is 0.321 e. The Kier molecular flexibility index (Phi) is 5.87. The second-order valence-electron chi connectivity index (χ2n) is 5.66. The highest BCUT2D eigenvalue weighted by Crippen LogP contribution is 2.27. The Morgan fingerprint density at radius 3 is 2.71 bits per heavy atom. The summed E-state index contributed by atoms with van der Waals surface area (Å²) in [7, 11) is 0. The van der Waals surface area contributed by atoms with Gasteiger partial charge >= 0.3 is 6.03 Å². The number of amides is 3. The lowest BCUT2D eigenvalue weighted by molar-refractivity contribution is -0.117. The van der Waals surface area contributed by atoms with Crippen LogP contribution in [-0.2, 0) is 4.79 Å². The predicted molar refractivity (Wildman–Crippen MR) is 97.2 cm³/mol. The third kappa shape index (κ3) is 4.82. The number of hydrogen-bond donors (Lipinski definition) is 2. The number of rotatable bonds is 5. The zero-order chi connectivity index (χ0) is 16.8. The summed E-state index contributed by atoms with van der Waals surface area (Å²) in [5, 5.41) is 7.20. The fourth-order valence-corrected chi connectivity index (χ4v) is 4.28. The van der Waals surface area contributed by atoms with Gasteiger partial charge in [-0.3, -0.25) is 10.1 Å². The molecular weight excluding hydrogens is 342 g/mol. The van der Waals surface area contributed by atoms with Crippen LogP contribution < -0.4 is 10.6 Å². The largest absolute Gasteiger partial charge is 0.335 e. The van der Waals surface area contributed by atoms with Crippen LogP contribution in [0.4, 0.5) is 4.79 Å². The van der Waals surface area contributed by atoms with Gasteiger partial charge in [-0.05, 0) is 12.8 Å². The maximum atomic E-state index is 11.9. The van der Waals surface area contributed by atoms with Gasteiger partial charge in [0.1, 0.15) is 0 Å². The van der Waals surface area contributed by atoms with Crippen molar-refractivity contribution in [3.8, 4) is 11.3 Å². The molecule has 1 aromatic heterocycles. The topological polar surface area (TPSA) is 71.1 Å². The first-order chi connectivity index (χ1) is 11.7. The van der Waals surface area contributed by atoms with Crippen LogP contribution in [0.2, 0.25) is 0 Å². The number of nitrogens with one attached hydrogen (secondary N) is 2. The summed E-state index contributed by atoms with van der Waals surface area (Å²) < 4.78 is 0.820. The summed E-state index contributed by atoms with van der Waals surface area (Å²) in [6.45, 7) is 0. The molecule has 5 nitrogen and oxygen atoms in total. The molecule has 1 aliphatic rings. The summed E-state index contributed by atoms with van der Waals surface area (Å²) >= 11 is 2.85. The molecule has 1 fully saturated rings. The Morgan fingerprint density at radius 1 is 1.21 bits per heavy atom. The highest BCUT2D eigenvalue weighted by molar-refractivity contribution is 8.01. The molecule has 0 saturated heterocycles. The van der Waals surface area contributed by atoms with Gasteiger partial charge in [0, 0.05) is 17.0 Å². The van der Waals surface area contributed by atoms with E-state index in [2.05, 4.69) is 15.6 Å². The van der Waals surface area contributed by atoms with E-state index < -0.39 is 6.03 Å². The first-order valence-electron chi connectivity index (χ1n) is 7.95. The van der Waals surface area contributed by atoms with Gasteiger partial charge in [0.15, 0.2) is 4.34 Å². The summed E-state index contributed by atoms with van der Waals surface area (Å²) in [5.41, 5.74) is 1.96. The van der Waals surface area contributed by atoms with Crippen LogP contribution in [0.1, 0.15) is 25.7 Å². The molecule has 0 atom stereocenters. The first kappa shape index (κ1) is 17.0. The van der Waals surface area contributed by atoms with Crippen molar-refractivity contribution in [2.45, 2.75) is 36.1 Å². The second-order valence-corrected chi connectivity index (χ2v) is 7.74. The molecule has 1 aliphatic carbocycles. The van der Waals surface area contributed by atoms with E-state index in [0.29, 0.717) is 0 Å². The monoisotopic (exact) mass is 361 g/mol. The van der Waals surface area contributed by atoms with Crippen LogP contribution in [0.5, 0.6) is 0 Å². The van der Waals surface area contributed by atoms with Crippen LogP contribution in [0.3, 0.4) is 0 Å². The Balaban J connectivity index is 1.44. The Bertz CT molecular complexity index is 697. The number of imide groups is 1. The van der Waals surface area contributed by atoms with Gasteiger partial charge in [-0.15, -0.1) is 11.3 Å². The Morgan fingerprint density at radius 2 is 1.96 bits per heavy atom.